The Morgan fingerprint density at radius 1 is 1.00 bits per heavy atom. The van der Waals surface area contributed by atoms with Crippen LogP contribution in [0.15, 0.2) is 84.9 Å². The zero-order valence-electron chi connectivity index (χ0n) is 28.6. The van der Waals surface area contributed by atoms with Crippen LogP contribution in [0.4, 0.5) is 0 Å². The van der Waals surface area contributed by atoms with E-state index in [1.54, 1.807) is 0 Å². The van der Waals surface area contributed by atoms with Crippen molar-refractivity contribution in [1.82, 2.24) is 14.6 Å². The van der Waals surface area contributed by atoms with Gasteiger partial charge in [-0.15, -0.1) is 0 Å². The highest BCUT2D eigenvalue weighted by Gasteiger charge is 2.40. The standard InChI is InChI=1S/C41H45N3O4S/c1-41(2,3)49(47)44-28-33-26-36(40(46)42-27-31-19-21-35(22-20-31)48-34-17-5-4-6-18-34)43-39(38(33)37(44)23-24-45)32-16-10-15-30(25-32)14-9-13-29-11-7-8-12-29/h4-6,10,15-22,25-26,29,37,45H,7-8,11-13,23-24,27-28H2,1-3H3,(H,42,46)/t37-,49?/m0/s1. The average molecular weight is 676 g/mol. The summed E-state index contributed by atoms with van der Waals surface area (Å²) >= 11 is 0. The van der Waals surface area contributed by atoms with Crippen molar-refractivity contribution < 1.29 is 18.8 Å². The van der Waals surface area contributed by atoms with Crippen LogP contribution in [0.5, 0.6) is 11.5 Å². The molecule has 3 aromatic carbocycles. The third-order valence-corrected chi connectivity index (χ3v) is 11.0. The Labute approximate surface area is 292 Å². The molecule has 2 atom stereocenters. The van der Waals surface area contributed by atoms with Gasteiger partial charge in [0.1, 0.15) is 28.2 Å². The fourth-order valence-corrected chi connectivity index (χ4v) is 8.04. The molecule has 1 amide bonds. The number of aromatic nitrogens is 1. The van der Waals surface area contributed by atoms with Crippen LogP contribution < -0.4 is 10.1 Å². The molecular formula is C41H45N3O4S. The maximum atomic E-state index is 13.8. The summed E-state index contributed by atoms with van der Waals surface area (Å²) in [5.74, 6) is 8.62. The SMILES string of the molecule is CC(C)(C)S(=O)N1Cc2cc(C(=O)NCc3ccc(Oc4ccccc4)cc3)nc(-c3cccc(C#CCC4CCCC4)c3)c2[C@@H]1CCO. The Bertz CT molecular complexity index is 1850. The first-order chi connectivity index (χ1) is 23.7. The third kappa shape index (κ3) is 8.48. The largest absolute Gasteiger partial charge is 0.457 e. The number of rotatable bonds is 10. The highest BCUT2D eigenvalue weighted by atomic mass is 32.2. The molecule has 7 nitrogen and oxygen atoms in total. The summed E-state index contributed by atoms with van der Waals surface area (Å²) in [5, 5.41) is 13.2. The fourth-order valence-electron chi connectivity index (χ4n) is 6.63. The third-order valence-electron chi connectivity index (χ3n) is 9.11. The van der Waals surface area contributed by atoms with Crippen LogP contribution in [0, 0.1) is 17.8 Å². The summed E-state index contributed by atoms with van der Waals surface area (Å²) in [6.07, 6.45) is 6.41. The maximum Gasteiger partial charge on any atom is 0.270 e. The number of nitrogens with zero attached hydrogens (tertiary/aromatic N) is 2. The summed E-state index contributed by atoms with van der Waals surface area (Å²) in [6, 6.07) is 26.7. The van der Waals surface area contributed by atoms with Crippen molar-refractivity contribution in [3.63, 3.8) is 0 Å². The van der Waals surface area contributed by atoms with E-state index < -0.39 is 15.7 Å². The van der Waals surface area contributed by atoms with Gasteiger partial charge >= 0.3 is 0 Å². The monoisotopic (exact) mass is 675 g/mol. The number of para-hydroxylation sites is 1. The molecule has 2 aliphatic rings. The molecule has 49 heavy (non-hydrogen) atoms. The minimum atomic E-state index is -1.34. The van der Waals surface area contributed by atoms with Crippen molar-refractivity contribution in [2.24, 2.45) is 5.92 Å². The van der Waals surface area contributed by atoms with E-state index in [0.29, 0.717) is 42.6 Å². The lowest BCUT2D eigenvalue weighted by molar-refractivity contribution is 0.0946. The number of aliphatic hydroxyl groups excluding tert-OH is 1. The molecule has 0 spiro atoms. The van der Waals surface area contributed by atoms with E-state index >= 15 is 0 Å². The van der Waals surface area contributed by atoms with Crippen molar-refractivity contribution in [2.45, 2.75) is 83.2 Å². The zero-order valence-corrected chi connectivity index (χ0v) is 29.4. The lowest BCUT2D eigenvalue weighted by atomic mass is 9.95. The van der Waals surface area contributed by atoms with Crippen LogP contribution in [-0.2, 0) is 24.1 Å². The number of hydrogen-bond donors (Lipinski definition) is 2. The predicted octanol–water partition coefficient (Wildman–Crippen LogP) is 8.10. The van der Waals surface area contributed by atoms with E-state index in [-0.39, 0.29) is 18.6 Å². The molecule has 0 saturated heterocycles. The molecule has 1 aromatic heterocycles. The van der Waals surface area contributed by atoms with Gasteiger partial charge in [0.05, 0.1) is 16.5 Å². The summed E-state index contributed by atoms with van der Waals surface area (Å²) < 4.78 is 21.1. The molecule has 4 aromatic rings. The van der Waals surface area contributed by atoms with Crippen molar-refractivity contribution in [3.8, 4) is 34.6 Å². The molecule has 1 saturated carbocycles. The molecule has 1 fully saturated rings. The van der Waals surface area contributed by atoms with Crippen LogP contribution in [0.2, 0.25) is 0 Å². The first-order valence-corrected chi connectivity index (χ1v) is 18.3. The lowest BCUT2D eigenvalue weighted by Gasteiger charge is -2.30. The number of carbonyl (C=O) groups is 1. The summed E-state index contributed by atoms with van der Waals surface area (Å²) in [7, 11) is -1.34. The minimum Gasteiger partial charge on any atom is -0.457 e. The quantitative estimate of drug-likeness (QED) is 0.166. The van der Waals surface area contributed by atoms with Gasteiger partial charge < -0.3 is 15.2 Å². The number of fused-ring (bicyclic) bond motifs is 1. The van der Waals surface area contributed by atoms with Crippen molar-refractivity contribution in [3.05, 3.63) is 113 Å². The zero-order chi connectivity index (χ0) is 34.4. The number of nitrogens with one attached hydrogen (secondary N) is 1. The Hall–Kier alpha value is -4.29. The van der Waals surface area contributed by atoms with Crippen LogP contribution in [-0.4, -0.2) is 35.9 Å². The Balaban J connectivity index is 1.28. The predicted molar refractivity (Wildman–Crippen MR) is 195 cm³/mol. The van der Waals surface area contributed by atoms with Crippen LogP contribution in [0.25, 0.3) is 11.3 Å². The number of hydrogen-bond acceptors (Lipinski definition) is 5. The Kier molecular flexibility index (Phi) is 10.9. The molecule has 1 unspecified atom stereocenters. The molecule has 1 aliphatic heterocycles. The summed E-state index contributed by atoms with van der Waals surface area (Å²) in [6.45, 7) is 6.50. The lowest BCUT2D eigenvalue weighted by Crippen LogP contribution is -2.36. The van der Waals surface area contributed by atoms with Gasteiger partial charge in [0.25, 0.3) is 5.91 Å². The number of aliphatic hydroxyl groups is 1. The molecule has 8 heteroatoms. The topological polar surface area (TPSA) is 91.8 Å². The van der Waals surface area contributed by atoms with Gasteiger partial charge in [-0.1, -0.05) is 67.1 Å². The molecule has 0 bridgehead atoms. The van der Waals surface area contributed by atoms with Gasteiger partial charge in [-0.25, -0.2) is 13.5 Å². The second kappa shape index (κ2) is 15.5. The van der Waals surface area contributed by atoms with Crippen molar-refractivity contribution in [1.29, 1.82) is 0 Å². The van der Waals surface area contributed by atoms with E-state index in [9.17, 15) is 14.1 Å². The highest BCUT2D eigenvalue weighted by molar-refractivity contribution is 7.84. The first kappa shape index (κ1) is 34.6. The molecule has 2 N–H and O–H groups in total. The van der Waals surface area contributed by atoms with E-state index in [1.807, 2.05) is 110 Å². The van der Waals surface area contributed by atoms with Crippen LogP contribution in [0.3, 0.4) is 0 Å². The summed E-state index contributed by atoms with van der Waals surface area (Å²) in [5.41, 5.74) is 5.43. The molecule has 2 heterocycles. The number of ether oxygens (including phenoxy) is 1. The van der Waals surface area contributed by atoms with E-state index in [0.717, 1.165) is 40.0 Å². The van der Waals surface area contributed by atoms with Gasteiger partial charge in [0, 0.05) is 42.8 Å². The van der Waals surface area contributed by atoms with Crippen LogP contribution >= 0.6 is 0 Å². The molecule has 6 rings (SSSR count). The van der Waals surface area contributed by atoms with Gasteiger partial charge in [-0.3, -0.25) is 4.79 Å². The van der Waals surface area contributed by atoms with Gasteiger partial charge in [0.15, 0.2) is 0 Å². The van der Waals surface area contributed by atoms with Gasteiger partial charge in [0.2, 0.25) is 0 Å². The Morgan fingerprint density at radius 3 is 2.45 bits per heavy atom. The smallest absolute Gasteiger partial charge is 0.270 e. The number of carbonyl (C=O) groups excluding carboxylic acids is 1. The first-order valence-electron chi connectivity index (χ1n) is 17.2. The van der Waals surface area contributed by atoms with E-state index in [2.05, 4.69) is 17.2 Å². The number of benzene rings is 3. The van der Waals surface area contributed by atoms with Gasteiger partial charge in [-0.05, 0) is 99.5 Å². The highest BCUT2D eigenvalue weighted by Crippen LogP contribution is 2.44. The minimum absolute atomic E-state index is 0.0640. The van der Waals surface area contributed by atoms with Crippen molar-refractivity contribution in [2.75, 3.05) is 6.61 Å². The summed E-state index contributed by atoms with van der Waals surface area (Å²) in [4.78, 5) is 18.7. The Morgan fingerprint density at radius 2 is 1.73 bits per heavy atom. The fraction of sp³-hybridized carbons (Fsp3) is 0.366. The number of pyridine rings is 1. The molecule has 254 valence electrons. The maximum absolute atomic E-state index is 13.8. The van der Waals surface area contributed by atoms with E-state index in [4.69, 9.17) is 9.72 Å². The number of amides is 1. The van der Waals surface area contributed by atoms with E-state index in [1.165, 1.54) is 25.7 Å². The second-order valence-electron chi connectivity index (χ2n) is 13.9. The molecule has 0 radical (unpaired) electrons. The molecule has 1 aliphatic carbocycles. The normalized spacial score (nSPS) is 16.9. The average Bonchev–Trinajstić information content (AvgIpc) is 3.75. The van der Waals surface area contributed by atoms with Crippen LogP contribution in [0.1, 0.15) is 98.1 Å². The second-order valence-corrected chi connectivity index (χ2v) is 16.1. The van der Waals surface area contributed by atoms with Gasteiger partial charge in [-0.2, -0.15) is 0 Å². The molecular weight excluding hydrogens is 631 g/mol. The van der Waals surface area contributed by atoms with Crippen molar-refractivity contribution >= 4 is 16.9 Å².